The summed E-state index contributed by atoms with van der Waals surface area (Å²) in [6.45, 7) is 2.12. The molecule has 0 bridgehead atoms. The van der Waals surface area contributed by atoms with E-state index < -0.39 is 0 Å². The average molecular weight is 371 g/mol. The Morgan fingerprint density at radius 2 is 1.86 bits per heavy atom. The number of rotatable bonds is 6. The smallest absolute Gasteiger partial charge is 0.177 e. The molecule has 0 radical (unpaired) electrons. The second-order valence-corrected chi connectivity index (χ2v) is 6.63. The van der Waals surface area contributed by atoms with E-state index in [9.17, 15) is 4.79 Å². The van der Waals surface area contributed by atoms with E-state index in [1.807, 2.05) is 42.5 Å². The molecule has 4 nitrogen and oxygen atoms in total. The van der Waals surface area contributed by atoms with Gasteiger partial charge in [0.25, 0.3) is 0 Å². The van der Waals surface area contributed by atoms with Crippen LogP contribution >= 0.6 is 0 Å². The van der Waals surface area contributed by atoms with Crippen molar-refractivity contribution in [2.45, 2.75) is 19.8 Å². The molecule has 2 aromatic heterocycles. The summed E-state index contributed by atoms with van der Waals surface area (Å²) in [5.41, 5.74) is 4.41. The number of ether oxygens (including phenoxy) is 1. The highest BCUT2D eigenvalue weighted by Gasteiger charge is 2.19. The number of ketones is 1. The first kappa shape index (κ1) is 18.0. The van der Waals surface area contributed by atoms with Gasteiger partial charge in [0.1, 0.15) is 5.76 Å². The van der Waals surface area contributed by atoms with Crippen LogP contribution in [0.1, 0.15) is 28.4 Å². The standard InChI is InChI=1S/C24H21NO3/c1-3-17-6-4-5-7-18(17)23-15-20-19(8-9-22(27-2)24(20)28-23)21(26)14-16-10-12-25-13-11-16/h4-13,15H,3,14H2,1-2H3. The van der Waals surface area contributed by atoms with Gasteiger partial charge in [0.15, 0.2) is 17.1 Å². The molecular formula is C24H21NO3. The van der Waals surface area contributed by atoms with Crippen molar-refractivity contribution < 1.29 is 13.9 Å². The predicted molar refractivity (Wildman–Crippen MR) is 110 cm³/mol. The van der Waals surface area contributed by atoms with Gasteiger partial charge in [-0.2, -0.15) is 0 Å². The molecule has 2 aromatic carbocycles. The molecule has 0 amide bonds. The van der Waals surface area contributed by atoms with Gasteiger partial charge in [-0.3, -0.25) is 9.78 Å². The maximum Gasteiger partial charge on any atom is 0.177 e. The van der Waals surface area contributed by atoms with Crippen LogP contribution in [0.5, 0.6) is 5.75 Å². The van der Waals surface area contributed by atoms with Crippen molar-refractivity contribution in [2.24, 2.45) is 0 Å². The number of Topliss-reactive ketones (excluding diaryl/α,β-unsaturated/α-hetero) is 1. The Labute approximate surface area is 163 Å². The highest BCUT2D eigenvalue weighted by Crippen LogP contribution is 2.37. The SMILES string of the molecule is CCc1ccccc1-c1cc2c(C(=O)Cc3ccncc3)ccc(OC)c2o1. The summed E-state index contributed by atoms with van der Waals surface area (Å²) in [6, 6.07) is 17.4. The van der Waals surface area contributed by atoms with Crippen molar-refractivity contribution in [3.8, 4) is 17.1 Å². The third-order valence-corrected chi connectivity index (χ3v) is 4.95. The topological polar surface area (TPSA) is 52.3 Å². The molecule has 0 atom stereocenters. The molecule has 0 aliphatic rings. The molecule has 4 rings (SSSR count). The van der Waals surface area contributed by atoms with Gasteiger partial charge in [0.2, 0.25) is 0 Å². The first-order chi connectivity index (χ1) is 13.7. The highest BCUT2D eigenvalue weighted by atomic mass is 16.5. The fourth-order valence-corrected chi connectivity index (χ4v) is 3.49. The molecule has 0 aliphatic heterocycles. The Morgan fingerprint density at radius 1 is 1.07 bits per heavy atom. The van der Waals surface area contributed by atoms with E-state index >= 15 is 0 Å². The van der Waals surface area contributed by atoms with E-state index in [1.165, 1.54) is 5.56 Å². The van der Waals surface area contributed by atoms with Crippen LogP contribution in [0.25, 0.3) is 22.3 Å². The number of aryl methyl sites for hydroxylation is 1. The molecule has 4 heteroatoms. The van der Waals surface area contributed by atoms with Gasteiger partial charge < -0.3 is 9.15 Å². The van der Waals surface area contributed by atoms with Crippen molar-refractivity contribution in [1.29, 1.82) is 0 Å². The Bertz CT molecular complexity index is 1130. The Balaban J connectivity index is 1.82. The minimum Gasteiger partial charge on any atom is -0.493 e. The Kier molecular flexibility index (Phi) is 4.94. The average Bonchev–Trinajstić information content (AvgIpc) is 3.19. The Morgan fingerprint density at radius 3 is 2.61 bits per heavy atom. The predicted octanol–water partition coefficient (Wildman–Crippen LogP) is 5.49. The molecule has 0 N–H and O–H groups in total. The highest BCUT2D eigenvalue weighted by molar-refractivity contribution is 6.10. The maximum absolute atomic E-state index is 13.0. The molecule has 0 unspecified atom stereocenters. The van der Waals surface area contributed by atoms with Gasteiger partial charge in [-0.15, -0.1) is 0 Å². The number of nitrogens with zero attached hydrogens (tertiary/aromatic N) is 1. The minimum absolute atomic E-state index is 0.0370. The fraction of sp³-hybridized carbons (Fsp3) is 0.167. The Hall–Kier alpha value is -3.40. The van der Waals surface area contributed by atoms with Crippen molar-refractivity contribution in [3.05, 3.63) is 83.7 Å². The molecular weight excluding hydrogens is 350 g/mol. The van der Waals surface area contributed by atoms with Gasteiger partial charge in [0.05, 0.1) is 7.11 Å². The van der Waals surface area contributed by atoms with E-state index in [-0.39, 0.29) is 5.78 Å². The zero-order valence-electron chi connectivity index (χ0n) is 15.9. The summed E-state index contributed by atoms with van der Waals surface area (Å²) in [4.78, 5) is 17.0. The van der Waals surface area contributed by atoms with Crippen LogP contribution in [0.3, 0.4) is 0 Å². The number of pyridine rings is 1. The molecule has 140 valence electrons. The van der Waals surface area contributed by atoms with E-state index in [4.69, 9.17) is 9.15 Å². The second kappa shape index (κ2) is 7.69. The number of aromatic nitrogens is 1. The van der Waals surface area contributed by atoms with Crippen LogP contribution in [0, 0.1) is 0 Å². The van der Waals surface area contributed by atoms with Gasteiger partial charge in [-0.1, -0.05) is 31.2 Å². The van der Waals surface area contributed by atoms with Gasteiger partial charge in [-0.25, -0.2) is 0 Å². The largest absolute Gasteiger partial charge is 0.493 e. The lowest BCUT2D eigenvalue weighted by molar-refractivity contribution is 0.0994. The first-order valence-electron chi connectivity index (χ1n) is 9.32. The fourth-order valence-electron chi connectivity index (χ4n) is 3.49. The molecule has 0 aliphatic carbocycles. The first-order valence-corrected chi connectivity index (χ1v) is 9.32. The summed E-state index contributed by atoms with van der Waals surface area (Å²) >= 11 is 0. The summed E-state index contributed by atoms with van der Waals surface area (Å²) in [5, 5.41) is 0.777. The molecule has 28 heavy (non-hydrogen) atoms. The third-order valence-electron chi connectivity index (χ3n) is 4.95. The van der Waals surface area contributed by atoms with Crippen LogP contribution in [0.15, 0.2) is 71.4 Å². The van der Waals surface area contributed by atoms with Crippen LogP contribution in [0.4, 0.5) is 0 Å². The lowest BCUT2D eigenvalue weighted by atomic mass is 9.99. The zero-order valence-corrected chi connectivity index (χ0v) is 15.9. The monoisotopic (exact) mass is 371 g/mol. The van der Waals surface area contributed by atoms with Crippen molar-refractivity contribution in [2.75, 3.05) is 7.11 Å². The number of fused-ring (bicyclic) bond motifs is 1. The van der Waals surface area contributed by atoms with Crippen LogP contribution < -0.4 is 4.74 Å². The van der Waals surface area contributed by atoms with E-state index in [0.29, 0.717) is 23.3 Å². The van der Waals surface area contributed by atoms with Crippen LogP contribution in [0.2, 0.25) is 0 Å². The normalized spacial score (nSPS) is 10.9. The lowest BCUT2D eigenvalue weighted by Gasteiger charge is -2.06. The summed E-state index contributed by atoms with van der Waals surface area (Å²) < 4.78 is 11.6. The van der Waals surface area contributed by atoms with Gasteiger partial charge >= 0.3 is 0 Å². The lowest BCUT2D eigenvalue weighted by Crippen LogP contribution is -2.04. The number of hydrogen-bond acceptors (Lipinski definition) is 4. The molecule has 0 spiro atoms. The molecule has 0 fully saturated rings. The maximum atomic E-state index is 13.0. The molecule has 2 heterocycles. The number of carbonyl (C=O) groups excluding carboxylic acids is 1. The molecule has 0 saturated heterocycles. The third kappa shape index (κ3) is 3.29. The summed E-state index contributed by atoms with van der Waals surface area (Å²) in [5.74, 6) is 1.40. The quantitative estimate of drug-likeness (QED) is 0.421. The summed E-state index contributed by atoms with van der Waals surface area (Å²) in [6.07, 6.45) is 4.61. The molecule has 4 aromatic rings. The number of furan rings is 1. The number of carbonyl (C=O) groups is 1. The number of methoxy groups -OCH3 is 1. The van der Waals surface area contributed by atoms with Gasteiger partial charge in [0, 0.05) is 35.3 Å². The minimum atomic E-state index is 0.0370. The molecule has 0 saturated carbocycles. The summed E-state index contributed by atoms with van der Waals surface area (Å²) in [7, 11) is 1.61. The van der Waals surface area contributed by atoms with E-state index in [1.54, 1.807) is 25.6 Å². The number of hydrogen-bond donors (Lipinski definition) is 0. The van der Waals surface area contributed by atoms with Crippen LogP contribution in [-0.4, -0.2) is 17.9 Å². The van der Waals surface area contributed by atoms with Crippen molar-refractivity contribution in [1.82, 2.24) is 4.98 Å². The van der Waals surface area contributed by atoms with Crippen molar-refractivity contribution >= 4 is 16.8 Å². The van der Waals surface area contributed by atoms with Crippen LogP contribution in [-0.2, 0) is 12.8 Å². The zero-order chi connectivity index (χ0) is 19.5. The van der Waals surface area contributed by atoms with Crippen molar-refractivity contribution in [3.63, 3.8) is 0 Å². The van der Waals surface area contributed by atoms with E-state index in [2.05, 4.69) is 18.0 Å². The van der Waals surface area contributed by atoms with Gasteiger partial charge in [-0.05, 0) is 47.9 Å². The number of benzene rings is 2. The van der Waals surface area contributed by atoms with E-state index in [0.717, 1.165) is 28.7 Å². The second-order valence-electron chi connectivity index (χ2n) is 6.63.